The summed E-state index contributed by atoms with van der Waals surface area (Å²) >= 11 is 11.9. The molecule has 0 fully saturated rings. The largest absolute Gasteiger partial charge is 0.469 e. The Labute approximate surface area is 116 Å². The van der Waals surface area contributed by atoms with E-state index in [0.717, 1.165) is 0 Å². The zero-order valence-corrected chi connectivity index (χ0v) is 11.6. The SMILES string of the molecule is COC(=O)CCCCC(=O)c1c(Cl)cccc1Cl. The first kappa shape index (κ1) is 15.0. The van der Waals surface area contributed by atoms with Crippen LogP contribution >= 0.6 is 23.2 Å². The number of rotatable bonds is 6. The molecule has 0 N–H and O–H groups in total. The first-order chi connectivity index (χ1) is 8.56. The fraction of sp³-hybridized carbons (Fsp3) is 0.385. The molecule has 98 valence electrons. The summed E-state index contributed by atoms with van der Waals surface area (Å²) in [4.78, 5) is 22.8. The predicted octanol–water partition coefficient (Wildman–Crippen LogP) is 3.91. The molecule has 0 heterocycles. The summed E-state index contributed by atoms with van der Waals surface area (Å²) in [7, 11) is 1.34. The third kappa shape index (κ3) is 4.31. The van der Waals surface area contributed by atoms with E-state index in [1.54, 1.807) is 18.2 Å². The molecular formula is C13H14Cl2O3. The smallest absolute Gasteiger partial charge is 0.305 e. The number of halogens is 2. The van der Waals surface area contributed by atoms with E-state index >= 15 is 0 Å². The highest BCUT2D eigenvalue weighted by atomic mass is 35.5. The van der Waals surface area contributed by atoms with Gasteiger partial charge in [-0.05, 0) is 25.0 Å². The summed E-state index contributed by atoms with van der Waals surface area (Å²) in [6, 6.07) is 4.96. The van der Waals surface area contributed by atoms with E-state index in [9.17, 15) is 9.59 Å². The Kier molecular flexibility index (Phi) is 6.16. The predicted molar refractivity (Wildman–Crippen MR) is 71.3 cm³/mol. The summed E-state index contributed by atoms with van der Waals surface area (Å²) in [5, 5.41) is 0.723. The second-order valence-electron chi connectivity index (χ2n) is 3.80. The maximum atomic E-state index is 11.9. The van der Waals surface area contributed by atoms with Gasteiger partial charge in [-0.2, -0.15) is 0 Å². The highest BCUT2D eigenvalue weighted by Crippen LogP contribution is 2.26. The van der Waals surface area contributed by atoms with Gasteiger partial charge in [-0.1, -0.05) is 29.3 Å². The standard InChI is InChI=1S/C13H14Cl2O3/c1-18-12(17)8-3-2-7-11(16)13-9(14)5-4-6-10(13)15/h4-6H,2-3,7-8H2,1H3. The normalized spacial score (nSPS) is 10.2. The average Bonchev–Trinajstić information content (AvgIpc) is 2.34. The van der Waals surface area contributed by atoms with Crippen LogP contribution in [-0.4, -0.2) is 18.9 Å². The van der Waals surface area contributed by atoms with Crippen LogP contribution in [0.1, 0.15) is 36.0 Å². The maximum Gasteiger partial charge on any atom is 0.305 e. The monoisotopic (exact) mass is 288 g/mol. The molecule has 0 aromatic heterocycles. The van der Waals surface area contributed by atoms with E-state index in [0.29, 0.717) is 41.3 Å². The van der Waals surface area contributed by atoms with Crippen LogP contribution in [0.15, 0.2) is 18.2 Å². The minimum absolute atomic E-state index is 0.101. The number of carbonyl (C=O) groups is 2. The minimum Gasteiger partial charge on any atom is -0.469 e. The average molecular weight is 289 g/mol. The quantitative estimate of drug-likeness (QED) is 0.453. The van der Waals surface area contributed by atoms with Gasteiger partial charge in [0.2, 0.25) is 0 Å². The molecule has 0 aliphatic carbocycles. The van der Waals surface area contributed by atoms with Crippen molar-refractivity contribution >= 4 is 35.0 Å². The van der Waals surface area contributed by atoms with Crippen LogP contribution in [0.5, 0.6) is 0 Å². The fourth-order valence-corrected chi connectivity index (χ4v) is 2.15. The number of esters is 1. The highest BCUT2D eigenvalue weighted by molar-refractivity contribution is 6.39. The topological polar surface area (TPSA) is 43.4 Å². The molecule has 5 heteroatoms. The Morgan fingerprint density at radius 1 is 1.11 bits per heavy atom. The Morgan fingerprint density at radius 2 is 1.67 bits per heavy atom. The molecule has 0 aliphatic heterocycles. The number of hydrogen-bond donors (Lipinski definition) is 0. The van der Waals surface area contributed by atoms with Crippen molar-refractivity contribution < 1.29 is 14.3 Å². The molecule has 0 bridgehead atoms. The van der Waals surface area contributed by atoms with E-state index in [-0.39, 0.29) is 11.8 Å². The molecule has 0 saturated carbocycles. The van der Waals surface area contributed by atoms with Gasteiger partial charge in [-0.3, -0.25) is 9.59 Å². The molecule has 0 unspecified atom stereocenters. The van der Waals surface area contributed by atoms with E-state index in [2.05, 4.69) is 4.74 Å². The van der Waals surface area contributed by atoms with E-state index in [4.69, 9.17) is 23.2 Å². The molecule has 18 heavy (non-hydrogen) atoms. The summed E-state index contributed by atoms with van der Waals surface area (Å²) < 4.78 is 4.51. The van der Waals surface area contributed by atoms with E-state index in [1.807, 2.05) is 0 Å². The molecule has 1 aromatic rings. The lowest BCUT2D eigenvalue weighted by atomic mass is 10.0. The molecular weight excluding hydrogens is 275 g/mol. The second kappa shape index (κ2) is 7.39. The summed E-state index contributed by atoms with van der Waals surface area (Å²) in [6.45, 7) is 0. The molecule has 1 rings (SSSR count). The molecule has 0 radical (unpaired) electrons. The Balaban J connectivity index is 2.49. The van der Waals surface area contributed by atoms with Gasteiger partial charge in [-0.25, -0.2) is 0 Å². The highest BCUT2D eigenvalue weighted by Gasteiger charge is 2.14. The van der Waals surface area contributed by atoms with Crippen LogP contribution in [0.25, 0.3) is 0 Å². The van der Waals surface area contributed by atoms with Gasteiger partial charge in [0.1, 0.15) is 0 Å². The van der Waals surface area contributed by atoms with Crippen LogP contribution in [0.3, 0.4) is 0 Å². The summed E-state index contributed by atoms with van der Waals surface area (Å²) in [5.41, 5.74) is 0.360. The molecule has 0 atom stereocenters. The van der Waals surface area contributed by atoms with Crippen molar-refractivity contribution in [1.29, 1.82) is 0 Å². The van der Waals surface area contributed by atoms with Crippen LogP contribution < -0.4 is 0 Å². The summed E-state index contributed by atoms with van der Waals surface area (Å²) in [5.74, 6) is -0.367. The van der Waals surface area contributed by atoms with Gasteiger partial charge in [-0.15, -0.1) is 0 Å². The van der Waals surface area contributed by atoms with Crippen molar-refractivity contribution in [3.8, 4) is 0 Å². The Bertz CT molecular complexity index is 424. The van der Waals surface area contributed by atoms with Crippen LogP contribution in [0.4, 0.5) is 0 Å². The number of methoxy groups -OCH3 is 1. The molecule has 3 nitrogen and oxygen atoms in total. The first-order valence-electron chi connectivity index (χ1n) is 5.60. The minimum atomic E-state index is -0.266. The van der Waals surface area contributed by atoms with Crippen molar-refractivity contribution in [3.05, 3.63) is 33.8 Å². The maximum absolute atomic E-state index is 11.9. The van der Waals surface area contributed by atoms with Crippen molar-refractivity contribution in [1.82, 2.24) is 0 Å². The van der Waals surface area contributed by atoms with Gasteiger partial charge in [0.25, 0.3) is 0 Å². The lowest BCUT2D eigenvalue weighted by Gasteiger charge is -2.05. The first-order valence-corrected chi connectivity index (χ1v) is 6.36. The number of ether oxygens (including phenoxy) is 1. The van der Waals surface area contributed by atoms with Crippen molar-refractivity contribution in [2.75, 3.05) is 7.11 Å². The zero-order chi connectivity index (χ0) is 13.5. The Morgan fingerprint density at radius 3 is 2.22 bits per heavy atom. The third-order valence-corrected chi connectivity index (χ3v) is 3.13. The number of unbranched alkanes of at least 4 members (excludes halogenated alkanes) is 1. The van der Waals surface area contributed by atoms with Gasteiger partial charge in [0, 0.05) is 12.8 Å². The number of benzene rings is 1. The van der Waals surface area contributed by atoms with Crippen LogP contribution in [-0.2, 0) is 9.53 Å². The van der Waals surface area contributed by atoms with Gasteiger partial charge in [0.15, 0.2) is 5.78 Å². The van der Waals surface area contributed by atoms with Gasteiger partial charge in [0.05, 0.1) is 22.7 Å². The third-order valence-electron chi connectivity index (χ3n) is 2.50. The molecule has 1 aromatic carbocycles. The zero-order valence-electron chi connectivity index (χ0n) is 10.0. The number of Topliss-reactive ketones (excluding diaryl/α,β-unsaturated/α-hetero) is 1. The molecule has 0 saturated heterocycles. The summed E-state index contributed by atoms with van der Waals surface area (Å²) in [6.07, 6.45) is 1.86. The van der Waals surface area contributed by atoms with Crippen molar-refractivity contribution in [2.45, 2.75) is 25.7 Å². The van der Waals surface area contributed by atoms with Gasteiger partial charge >= 0.3 is 5.97 Å². The van der Waals surface area contributed by atoms with Gasteiger partial charge < -0.3 is 4.74 Å². The van der Waals surface area contributed by atoms with Crippen molar-refractivity contribution in [3.63, 3.8) is 0 Å². The number of hydrogen-bond acceptors (Lipinski definition) is 3. The van der Waals surface area contributed by atoms with Crippen molar-refractivity contribution in [2.24, 2.45) is 0 Å². The lowest BCUT2D eigenvalue weighted by molar-refractivity contribution is -0.140. The van der Waals surface area contributed by atoms with E-state index in [1.165, 1.54) is 7.11 Å². The Hall–Kier alpha value is -1.06. The number of carbonyl (C=O) groups excluding carboxylic acids is 2. The second-order valence-corrected chi connectivity index (χ2v) is 4.62. The van der Waals surface area contributed by atoms with E-state index < -0.39 is 0 Å². The molecule has 0 spiro atoms. The number of ketones is 1. The van der Waals surface area contributed by atoms with Crippen LogP contribution in [0, 0.1) is 0 Å². The fourth-order valence-electron chi connectivity index (χ4n) is 1.55. The lowest BCUT2D eigenvalue weighted by Crippen LogP contribution is -2.03. The van der Waals surface area contributed by atoms with Crippen LogP contribution in [0.2, 0.25) is 10.0 Å². The molecule has 0 aliphatic rings. The molecule has 0 amide bonds.